The number of H-pyrrole nitrogens is 1. The van der Waals surface area contributed by atoms with Crippen molar-refractivity contribution in [2.45, 2.75) is 11.0 Å². The lowest BCUT2D eigenvalue weighted by Gasteiger charge is -2.19. The maximum Gasteiger partial charge on any atom is 0.168 e. The Kier molecular flexibility index (Phi) is 4.92. The van der Waals surface area contributed by atoms with Crippen LogP contribution in [0, 0.1) is 11.6 Å². The number of aromatic nitrogens is 2. The Bertz CT molecular complexity index is 1130. The topological polar surface area (TPSA) is 55.0 Å². The molecule has 0 aliphatic heterocycles. The van der Waals surface area contributed by atoms with E-state index < -0.39 is 28.5 Å². The molecule has 4 rings (SSSR count). The summed E-state index contributed by atoms with van der Waals surface area (Å²) in [5, 5.41) is 0.886. The van der Waals surface area contributed by atoms with Crippen LogP contribution in [0.25, 0.3) is 11.0 Å². The van der Waals surface area contributed by atoms with Gasteiger partial charge in [-0.1, -0.05) is 12.1 Å². The fourth-order valence-electron chi connectivity index (χ4n) is 2.96. The van der Waals surface area contributed by atoms with Crippen LogP contribution in [-0.2, 0) is 10.8 Å². The molecule has 2 aromatic carbocycles. The molecule has 142 valence electrons. The molecule has 4 nitrogen and oxygen atoms in total. The predicted octanol–water partition coefficient (Wildman–Crippen LogP) is 4.75. The van der Waals surface area contributed by atoms with Gasteiger partial charge in [0, 0.05) is 39.6 Å². The average molecular weight is 398 g/mol. The van der Waals surface area contributed by atoms with E-state index in [4.69, 9.17) is 4.74 Å². The molecule has 0 saturated carbocycles. The normalized spacial score (nSPS) is 13.4. The van der Waals surface area contributed by atoms with Gasteiger partial charge in [-0.15, -0.1) is 0 Å². The van der Waals surface area contributed by atoms with E-state index in [-0.39, 0.29) is 5.75 Å². The smallest absolute Gasteiger partial charge is 0.168 e. The molecule has 0 aliphatic rings. The number of halogens is 2. The Morgan fingerprint density at radius 3 is 2.54 bits per heavy atom. The molecule has 2 aromatic heterocycles. The highest BCUT2D eigenvalue weighted by atomic mass is 32.2. The predicted molar refractivity (Wildman–Crippen MR) is 104 cm³/mol. The van der Waals surface area contributed by atoms with Crippen LogP contribution in [-0.4, -0.2) is 20.4 Å². The first-order valence-corrected chi connectivity index (χ1v) is 10.1. The highest BCUT2D eigenvalue weighted by Gasteiger charge is 2.21. The van der Waals surface area contributed by atoms with Crippen molar-refractivity contribution >= 4 is 21.8 Å². The zero-order chi connectivity index (χ0) is 19.7. The second-order valence-corrected chi connectivity index (χ2v) is 7.64. The molecule has 0 amide bonds. The molecule has 7 heteroatoms. The lowest BCUT2D eigenvalue weighted by atomic mass is 10.1. The molecule has 4 aromatic rings. The van der Waals surface area contributed by atoms with Crippen LogP contribution in [0.4, 0.5) is 8.78 Å². The summed E-state index contributed by atoms with van der Waals surface area (Å²) in [5.74, 6) is -1.53. The molecule has 0 saturated heterocycles. The van der Waals surface area contributed by atoms with E-state index in [1.54, 1.807) is 36.7 Å². The minimum atomic E-state index is -1.11. The highest BCUT2D eigenvalue weighted by molar-refractivity contribution is 7.84. The monoisotopic (exact) mass is 398 g/mol. The summed E-state index contributed by atoms with van der Waals surface area (Å²) in [5.41, 5.74) is 2.07. The Morgan fingerprint density at radius 1 is 1.07 bits per heavy atom. The SMILES string of the molecule is CS(=O)c1ccc(C(Oc2ccc(F)cc2F)c2cc3cccnc3[nH]2)cc1. The van der Waals surface area contributed by atoms with Crippen molar-refractivity contribution in [3.05, 3.63) is 89.8 Å². The van der Waals surface area contributed by atoms with E-state index in [9.17, 15) is 13.0 Å². The number of aromatic amines is 1. The summed E-state index contributed by atoms with van der Waals surface area (Å²) in [6.07, 6.45) is 2.58. The van der Waals surface area contributed by atoms with Crippen molar-refractivity contribution in [1.82, 2.24) is 9.97 Å². The maximum atomic E-state index is 14.2. The molecular formula is C21H16F2N2O2S. The van der Waals surface area contributed by atoms with Crippen molar-refractivity contribution in [3.63, 3.8) is 0 Å². The number of nitrogens with one attached hydrogen (secondary N) is 1. The van der Waals surface area contributed by atoms with E-state index >= 15 is 0 Å². The van der Waals surface area contributed by atoms with Gasteiger partial charge in [-0.05, 0) is 48.0 Å². The van der Waals surface area contributed by atoms with Gasteiger partial charge in [0.05, 0.1) is 5.69 Å². The van der Waals surface area contributed by atoms with Crippen molar-refractivity contribution in [1.29, 1.82) is 0 Å². The fourth-order valence-corrected chi connectivity index (χ4v) is 3.48. The average Bonchev–Trinajstić information content (AvgIpc) is 3.11. The van der Waals surface area contributed by atoms with Crippen molar-refractivity contribution in [2.75, 3.05) is 6.26 Å². The number of nitrogens with zero attached hydrogens (tertiary/aromatic N) is 1. The van der Waals surface area contributed by atoms with Gasteiger partial charge in [-0.2, -0.15) is 0 Å². The Hall–Kier alpha value is -3.06. The molecule has 0 radical (unpaired) electrons. The van der Waals surface area contributed by atoms with E-state index in [0.29, 0.717) is 16.2 Å². The summed E-state index contributed by atoms with van der Waals surface area (Å²) in [7, 11) is -1.11. The van der Waals surface area contributed by atoms with Crippen LogP contribution in [0.3, 0.4) is 0 Å². The van der Waals surface area contributed by atoms with Crippen LogP contribution in [0.2, 0.25) is 0 Å². The minimum Gasteiger partial charge on any atom is -0.476 e. The molecule has 2 heterocycles. The van der Waals surface area contributed by atoms with Crippen LogP contribution < -0.4 is 4.74 Å². The molecule has 0 aliphatic carbocycles. The van der Waals surface area contributed by atoms with Gasteiger partial charge >= 0.3 is 0 Å². The number of fused-ring (bicyclic) bond motifs is 1. The minimum absolute atomic E-state index is 0.0684. The number of benzene rings is 2. The summed E-state index contributed by atoms with van der Waals surface area (Å²) in [4.78, 5) is 8.14. The van der Waals surface area contributed by atoms with Gasteiger partial charge < -0.3 is 9.72 Å². The van der Waals surface area contributed by atoms with Crippen molar-refractivity contribution in [3.8, 4) is 5.75 Å². The lowest BCUT2D eigenvalue weighted by molar-refractivity contribution is 0.231. The number of ether oxygens (including phenoxy) is 1. The van der Waals surface area contributed by atoms with Gasteiger partial charge in [0.1, 0.15) is 11.5 Å². The van der Waals surface area contributed by atoms with Crippen LogP contribution in [0.1, 0.15) is 17.4 Å². The number of pyridine rings is 1. The summed E-state index contributed by atoms with van der Waals surface area (Å²) in [6.45, 7) is 0. The van der Waals surface area contributed by atoms with Gasteiger partial charge in [-0.3, -0.25) is 4.21 Å². The molecule has 2 unspecified atom stereocenters. The zero-order valence-corrected chi connectivity index (χ0v) is 15.7. The van der Waals surface area contributed by atoms with Crippen LogP contribution >= 0.6 is 0 Å². The standard InChI is InChI=1S/C21H16F2N2O2S/c1-28(26)16-7-4-13(5-8-16)20(27-19-9-6-15(22)12-17(19)23)18-11-14-3-2-10-24-21(14)25-18/h2-12,20H,1H3,(H,24,25). The van der Waals surface area contributed by atoms with Crippen LogP contribution in [0.5, 0.6) is 5.75 Å². The molecular weight excluding hydrogens is 382 g/mol. The third-order valence-electron chi connectivity index (χ3n) is 4.35. The first kappa shape index (κ1) is 18.3. The highest BCUT2D eigenvalue weighted by Crippen LogP contribution is 2.31. The second-order valence-electron chi connectivity index (χ2n) is 6.26. The Morgan fingerprint density at radius 2 is 1.86 bits per heavy atom. The largest absolute Gasteiger partial charge is 0.476 e. The summed E-state index contributed by atoms with van der Waals surface area (Å²) >= 11 is 0. The molecule has 28 heavy (non-hydrogen) atoms. The Balaban J connectivity index is 1.78. The molecule has 0 spiro atoms. The number of hydrogen-bond acceptors (Lipinski definition) is 3. The summed E-state index contributed by atoms with van der Waals surface area (Å²) < 4.78 is 45.0. The van der Waals surface area contributed by atoms with Crippen LogP contribution in [0.15, 0.2) is 71.8 Å². The number of hydrogen-bond donors (Lipinski definition) is 1. The summed E-state index contributed by atoms with van der Waals surface area (Å²) in [6, 6.07) is 15.8. The van der Waals surface area contributed by atoms with E-state index in [1.807, 2.05) is 18.2 Å². The molecule has 1 N–H and O–H groups in total. The zero-order valence-electron chi connectivity index (χ0n) is 14.9. The fraction of sp³-hybridized carbons (Fsp3) is 0.0952. The van der Waals surface area contributed by atoms with Gasteiger partial charge in [0.2, 0.25) is 0 Å². The van der Waals surface area contributed by atoms with Gasteiger partial charge in [-0.25, -0.2) is 13.8 Å². The number of rotatable bonds is 5. The quantitative estimate of drug-likeness (QED) is 0.528. The second kappa shape index (κ2) is 7.52. The lowest BCUT2D eigenvalue weighted by Crippen LogP contribution is -2.11. The molecule has 0 bridgehead atoms. The first-order valence-electron chi connectivity index (χ1n) is 8.50. The van der Waals surface area contributed by atoms with E-state index in [0.717, 1.165) is 23.1 Å². The first-order chi connectivity index (χ1) is 13.5. The van der Waals surface area contributed by atoms with Gasteiger partial charge in [0.15, 0.2) is 17.7 Å². The van der Waals surface area contributed by atoms with E-state index in [2.05, 4.69) is 9.97 Å². The maximum absolute atomic E-state index is 14.2. The van der Waals surface area contributed by atoms with E-state index in [1.165, 1.54) is 6.07 Å². The molecule has 2 atom stereocenters. The van der Waals surface area contributed by atoms with Gasteiger partial charge in [0.25, 0.3) is 0 Å². The van der Waals surface area contributed by atoms with Crippen molar-refractivity contribution in [2.24, 2.45) is 0 Å². The molecule has 0 fully saturated rings. The third kappa shape index (κ3) is 3.66. The third-order valence-corrected chi connectivity index (χ3v) is 5.28. The van der Waals surface area contributed by atoms with Crippen molar-refractivity contribution < 1.29 is 17.7 Å². The Labute approximate surface area is 162 Å².